The number of aromatic hydroxyl groups is 1. The summed E-state index contributed by atoms with van der Waals surface area (Å²) in [5.41, 5.74) is 7.07. The Morgan fingerprint density at radius 1 is 1.18 bits per heavy atom. The van der Waals surface area contributed by atoms with Crippen LogP contribution in [0.1, 0.15) is 44.1 Å². The topological polar surface area (TPSA) is 104 Å². The molecule has 2 aromatic carbocycles. The third-order valence-corrected chi connectivity index (χ3v) is 8.87. The molecule has 0 radical (unpaired) electrons. The second-order valence-corrected chi connectivity index (χ2v) is 11.8. The third-order valence-electron chi connectivity index (χ3n) is 8.87. The van der Waals surface area contributed by atoms with Gasteiger partial charge in [0.2, 0.25) is 5.91 Å². The molecule has 2 aromatic heterocycles. The fourth-order valence-corrected chi connectivity index (χ4v) is 6.20. The molecule has 9 nitrogen and oxygen atoms in total. The zero-order valence-corrected chi connectivity index (χ0v) is 24.1. The van der Waals surface area contributed by atoms with Crippen molar-refractivity contribution in [3.8, 4) is 28.4 Å². The molecule has 1 atom stereocenters. The summed E-state index contributed by atoms with van der Waals surface area (Å²) in [5.74, 6) is 1.23. The Morgan fingerprint density at radius 3 is 2.70 bits per heavy atom. The highest BCUT2D eigenvalue weighted by Crippen LogP contribution is 2.34. The number of amides is 1. The van der Waals surface area contributed by atoms with Crippen molar-refractivity contribution < 1.29 is 9.90 Å². The highest BCUT2D eigenvalue weighted by molar-refractivity contribution is 5.94. The average molecular weight is 542 g/mol. The number of aryl methyl sites for hydroxylation is 1. The number of hydrogen-bond acceptors (Lipinski definition) is 6. The van der Waals surface area contributed by atoms with Gasteiger partial charge in [-0.1, -0.05) is 26.0 Å². The molecule has 4 aromatic rings. The molecule has 2 aliphatic rings. The minimum atomic E-state index is -0.188. The SMILES string of the molecule is CCCN1Cc2[nH]c(-c3n[nH]c4cc(-c5ccc(O)cc5CC)ccc34)nc2C[C@H]1C(=O)N1CC(C)(N(C)C)C1. The second kappa shape index (κ2) is 10.1. The number of H-pyrrole nitrogens is 2. The van der Waals surface area contributed by atoms with E-state index in [1.165, 1.54) is 0 Å². The number of likely N-dealkylation sites (N-methyl/N-ethyl adjacent to an activating group) is 1. The molecule has 0 unspecified atom stereocenters. The number of carbonyl (C=O) groups is 1. The summed E-state index contributed by atoms with van der Waals surface area (Å²) in [6.07, 6.45) is 2.43. The monoisotopic (exact) mass is 541 g/mol. The van der Waals surface area contributed by atoms with Crippen LogP contribution in [0.15, 0.2) is 36.4 Å². The molecule has 0 saturated carbocycles. The van der Waals surface area contributed by atoms with Crippen molar-refractivity contribution >= 4 is 16.8 Å². The lowest BCUT2D eigenvalue weighted by atomic mass is 9.89. The Morgan fingerprint density at radius 2 is 1.98 bits per heavy atom. The predicted octanol–water partition coefficient (Wildman–Crippen LogP) is 4.19. The first-order valence-corrected chi connectivity index (χ1v) is 14.3. The Bertz CT molecular complexity index is 1560. The number of rotatable bonds is 7. The lowest BCUT2D eigenvalue weighted by Gasteiger charge is -2.53. The van der Waals surface area contributed by atoms with Crippen LogP contribution in [0.2, 0.25) is 0 Å². The molecule has 1 amide bonds. The largest absolute Gasteiger partial charge is 0.508 e. The van der Waals surface area contributed by atoms with Gasteiger partial charge in [0.1, 0.15) is 11.4 Å². The summed E-state index contributed by atoms with van der Waals surface area (Å²) in [5, 5.41) is 18.7. The number of imidazole rings is 1. The fraction of sp³-hybridized carbons (Fsp3) is 0.452. The highest BCUT2D eigenvalue weighted by atomic mass is 16.3. The average Bonchev–Trinajstić information content (AvgIpc) is 3.53. The zero-order chi connectivity index (χ0) is 28.2. The van der Waals surface area contributed by atoms with Crippen LogP contribution in [-0.4, -0.2) is 91.2 Å². The van der Waals surface area contributed by atoms with Gasteiger partial charge in [0.05, 0.1) is 28.5 Å². The summed E-state index contributed by atoms with van der Waals surface area (Å²) in [6, 6.07) is 11.6. The number of carbonyl (C=O) groups excluding carboxylic acids is 1. The van der Waals surface area contributed by atoms with Gasteiger partial charge in [-0.3, -0.25) is 14.8 Å². The molecular weight excluding hydrogens is 502 g/mol. The zero-order valence-electron chi connectivity index (χ0n) is 24.1. The predicted molar refractivity (Wildman–Crippen MR) is 157 cm³/mol. The number of nitrogens with one attached hydrogen (secondary N) is 2. The number of hydrogen-bond donors (Lipinski definition) is 3. The van der Waals surface area contributed by atoms with E-state index in [-0.39, 0.29) is 23.2 Å². The molecule has 9 heteroatoms. The van der Waals surface area contributed by atoms with Crippen molar-refractivity contribution in [1.29, 1.82) is 0 Å². The quantitative estimate of drug-likeness (QED) is 0.324. The smallest absolute Gasteiger partial charge is 0.240 e. The van der Waals surface area contributed by atoms with Gasteiger partial charge in [-0.25, -0.2) is 4.98 Å². The number of benzene rings is 2. The van der Waals surface area contributed by atoms with Crippen LogP contribution in [-0.2, 0) is 24.2 Å². The van der Waals surface area contributed by atoms with Crippen LogP contribution in [0.25, 0.3) is 33.5 Å². The van der Waals surface area contributed by atoms with Crippen molar-refractivity contribution in [1.82, 2.24) is 34.9 Å². The van der Waals surface area contributed by atoms with Crippen LogP contribution in [0, 0.1) is 0 Å². The van der Waals surface area contributed by atoms with Crippen molar-refractivity contribution in [2.75, 3.05) is 33.7 Å². The molecule has 0 aliphatic carbocycles. The van der Waals surface area contributed by atoms with Crippen molar-refractivity contribution in [2.45, 2.75) is 58.2 Å². The Labute approximate surface area is 235 Å². The number of phenolic OH excluding ortho intramolecular Hbond substituents is 1. The van der Waals surface area contributed by atoms with Crippen LogP contribution in [0.3, 0.4) is 0 Å². The first-order valence-electron chi connectivity index (χ1n) is 14.3. The van der Waals surface area contributed by atoms with Gasteiger partial charge in [-0.15, -0.1) is 0 Å². The number of aromatic amines is 2. The molecule has 2 aliphatic heterocycles. The number of aromatic nitrogens is 4. The molecule has 210 valence electrons. The van der Waals surface area contributed by atoms with Gasteiger partial charge in [-0.05, 0) is 81.4 Å². The summed E-state index contributed by atoms with van der Waals surface area (Å²) >= 11 is 0. The van der Waals surface area contributed by atoms with E-state index in [4.69, 9.17) is 4.98 Å². The van der Waals surface area contributed by atoms with Gasteiger partial charge in [0, 0.05) is 31.4 Å². The first kappa shape index (κ1) is 26.5. The maximum atomic E-state index is 13.6. The van der Waals surface area contributed by atoms with E-state index in [1.54, 1.807) is 6.07 Å². The van der Waals surface area contributed by atoms with E-state index in [9.17, 15) is 9.90 Å². The molecule has 4 heterocycles. The number of phenols is 1. The second-order valence-electron chi connectivity index (χ2n) is 11.8. The molecule has 0 spiro atoms. The molecule has 3 N–H and O–H groups in total. The van der Waals surface area contributed by atoms with Crippen LogP contribution < -0.4 is 0 Å². The van der Waals surface area contributed by atoms with Gasteiger partial charge in [-0.2, -0.15) is 5.10 Å². The van der Waals surface area contributed by atoms with Crippen LogP contribution in [0.5, 0.6) is 5.75 Å². The summed E-state index contributed by atoms with van der Waals surface area (Å²) in [6.45, 7) is 9.54. The van der Waals surface area contributed by atoms with Crippen LogP contribution >= 0.6 is 0 Å². The maximum absolute atomic E-state index is 13.6. The number of fused-ring (bicyclic) bond motifs is 2. The molecule has 0 bridgehead atoms. The summed E-state index contributed by atoms with van der Waals surface area (Å²) < 4.78 is 0. The molecule has 1 saturated heterocycles. The fourth-order valence-electron chi connectivity index (χ4n) is 6.20. The van der Waals surface area contributed by atoms with Gasteiger partial charge < -0.3 is 19.9 Å². The molecular formula is C31H39N7O2. The normalized spacial score (nSPS) is 18.8. The lowest BCUT2D eigenvalue weighted by molar-refractivity contribution is -0.150. The number of nitrogens with zero attached hydrogens (tertiary/aromatic N) is 5. The van der Waals surface area contributed by atoms with E-state index < -0.39 is 0 Å². The van der Waals surface area contributed by atoms with E-state index in [1.807, 2.05) is 17.0 Å². The van der Waals surface area contributed by atoms with Crippen molar-refractivity contribution in [3.05, 3.63) is 53.3 Å². The standard InChI is InChI=1S/C31H39N7O2/c1-6-12-37-16-26-25(15-27(37)30(40)38-17-31(3,18-38)36(4)5)32-29(33-26)28-23-10-8-20(14-24(23)34-35-28)22-11-9-21(39)13-19(22)7-2/h8-11,13-14,27,39H,6-7,12,15-18H2,1-5H3,(H,32,33)(H,34,35)/t27-/m0/s1. The Hall–Kier alpha value is -3.69. The van der Waals surface area contributed by atoms with Gasteiger partial charge in [0.15, 0.2) is 5.82 Å². The minimum absolute atomic E-state index is 0.0475. The third kappa shape index (κ3) is 4.47. The molecule has 6 rings (SSSR count). The Kier molecular flexibility index (Phi) is 6.67. The van der Waals surface area contributed by atoms with Crippen molar-refractivity contribution in [2.24, 2.45) is 0 Å². The molecule has 40 heavy (non-hydrogen) atoms. The van der Waals surface area contributed by atoms with Crippen molar-refractivity contribution in [3.63, 3.8) is 0 Å². The van der Waals surface area contributed by atoms with E-state index >= 15 is 0 Å². The highest BCUT2D eigenvalue weighted by Gasteiger charge is 2.46. The lowest BCUT2D eigenvalue weighted by Crippen LogP contribution is -2.70. The number of likely N-dealkylation sites (tertiary alicyclic amines) is 1. The minimum Gasteiger partial charge on any atom is -0.508 e. The van der Waals surface area contributed by atoms with Gasteiger partial charge in [0.25, 0.3) is 0 Å². The first-order chi connectivity index (χ1) is 19.2. The Balaban J connectivity index is 1.27. The maximum Gasteiger partial charge on any atom is 0.240 e. The van der Waals surface area contributed by atoms with E-state index in [0.29, 0.717) is 13.0 Å². The van der Waals surface area contributed by atoms with Crippen LogP contribution in [0.4, 0.5) is 0 Å². The van der Waals surface area contributed by atoms with E-state index in [2.05, 4.69) is 78.0 Å². The van der Waals surface area contributed by atoms with Gasteiger partial charge >= 0.3 is 0 Å². The molecule has 1 fully saturated rings. The van der Waals surface area contributed by atoms with E-state index in [0.717, 1.165) is 83.0 Å². The summed E-state index contributed by atoms with van der Waals surface area (Å²) in [4.78, 5) is 28.6. The summed E-state index contributed by atoms with van der Waals surface area (Å²) in [7, 11) is 4.16.